The molecule has 0 amide bonds. The van der Waals surface area contributed by atoms with Gasteiger partial charge in [0.05, 0.1) is 0 Å². The van der Waals surface area contributed by atoms with Crippen molar-refractivity contribution in [1.29, 1.82) is 0 Å². The van der Waals surface area contributed by atoms with Gasteiger partial charge >= 0.3 is 17.9 Å². The van der Waals surface area contributed by atoms with Crippen LogP contribution < -0.4 is 0 Å². The van der Waals surface area contributed by atoms with Crippen LogP contribution in [0.5, 0.6) is 0 Å². The summed E-state index contributed by atoms with van der Waals surface area (Å²) in [5.74, 6) is -0.950. The second-order valence-electron chi connectivity index (χ2n) is 17.4. The number of carbonyl (C=O) groups excluding carboxylic acids is 3. The average Bonchev–Trinajstić information content (AvgIpc) is 3.30. The second-order valence-corrected chi connectivity index (χ2v) is 17.4. The molecular formula is C59H98O6. The number of carbonyl (C=O) groups is 3. The molecule has 0 aromatic carbocycles. The van der Waals surface area contributed by atoms with Gasteiger partial charge in [-0.15, -0.1) is 0 Å². The summed E-state index contributed by atoms with van der Waals surface area (Å²) in [7, 11) is 0. The van der Waals surface area contributed by atoms with E-state index in [0.717, 1.165) is 122 Å². The van der Waals surface area contributed by atoms with Crippen LogP contribution in [0.1, 0.15) is 239 Å². The maximum absolute atomic E-state index is 12.8. The van der Waals surface area contributed by atoms with Crippen LogP contribution in [0.25, 0.3) is 0 Å². The number of allylic oxidation sites excluding steroid dienone is 16. The normalized spacial score (nSPS) is 12.8. The van der Waals surface area contributed by atoms with Gasteiger partial charge in [0.25, 0.3) is 0 Å². The first kappa shape index (κ1) is 61.3. The topological polar surface area (TPSA) is 78.9 Å². The molecule has 0 unspecified atom stereocenters. The molecule has 370 valence electrons. The van der Waals surface area contributed by atoms with Crippen molar-refractivity contribution >= 4 is 17.9 Å². The van der Waals surface area contributed by atoms with Gasteiger partial charge in [-0.25, -0.2) is 0 Å². The van der Waals surface area contributed by atoms with Gasteiger partial charge in [0.2, 0.25) is 0 Å². The van der Waals surface area contributed by atoms with Crippen molar-refractivity contribution in [1.82, 2.24) is 0 Å². The van der Waals surface area contributed by atoms with Crippen molar-refractivity contribution < 1.29 is 28.6 Å². The van der Waals surface area contributed by atoms with E-state index in [1.807, 2.05) is 0 Å². The van der Waals surface area contributed by atoms with Crippen LogP contribution in [0, 0.1) is 0 Å². The van der Waals surface area contributed by atoms with Crippen LogP contribution in [0.3, 0.4) is 0 Å². The number of ether oxygens (including phenoxy) is 3. The Bertz CT molecular complexity index is 1310. The monoisotopic (exact) mass is 903 g/mol. The molecule has 0 aromatic heterocycles. The summed E-state index contributed by atoms with van der Waals surface area (Å²) in [6, 6.07) is 0. The molecule has 0 saturated heterocycles. The lowest BCUT2D eigenvalue weighted by molar-refractivity contribution is -0.167. The van der Waals surface area contributed by atoms with Crippen molar-refractivity contribution in [2.24, 2.45) is 0 Å². The predicted octanol–water partition coefficient (Wildman–Crippen LogP) is 17.8. The van der Waals surface area contributed by atoms with Crippen molar-refractivity contribution in [2.45, 2.75) is 245 Å². The lowest BCUT2D eigenvalue weighted by atomic mass is 10.1. The smallest absolute Gasteiger partial charge is 0.306 e. The zero-order valence-corrected chi connectivity index (χ0v) is 42.2. The summed E-state index contributed by atoms with van der Waals surface area (Å²) in [6.07, 6.45) is 69.6. The Morgan fingerprint density at radius 2 is 0.615 bits per heavy atom. The molecule has 0 N–H and O–H groups in total. The molecule has 0 aliphatic rings. The molecule has 65 heavy (non-hydrogen) atoms. The van der Waals surface area contributed by atoms with Gasteiger partial charge in [-0.2, -0.15) is 0 Å². The number of hydrogen-bond acceptors (Lipinski definition) is 6. The molecule has 0 heterocycles. The van der Waals surface area contributed by atoms with Crippen LogP contribution in [0.15, 0.2) is 97.2 Å². The van der Waals surface area contributed by atoms with Crippen LogP contribution >= 0.6 is 0 Å². The quantitative estimate of drug-likeness (QED) is 0.0262. The van der Waals surface area contributed by atoms with E-state index in [2.05, 4.69) is 118 Å². The predicted molar refractivity (Wildman–Crippen MR) is 279 cm³/mol. The molecule has 0 spiro atoms. The zero-order chi connectivity index (χ0) is 47.2. The summed E-state index contributed by atoms with van der Waals surface area (Å²) < 4.78 is 16.8. The molecule has 6 nitrogen and oxygen atoms in total. The average molecular weight is 903 g/mol. The Kier molecular flexibility index (Phi) is 50.0. The van der Waals surface area contributed by atoms with Crippen molar-refractivity contribution in [3.05, 3.63) is 97.2 Å². The molecule has 6 heteroatoms. The molecule has 0 aliphatic heterocycles. The fourth-order valence-electron chi connectivity index (χ4n) is 7.01. The Labute approximate surface area is 400 Å². The fraction of sp³-hybridized carbons (Fsp3) is 0.678. The Balaban J connectivity index is 4.46. The van der Waals surface area contributed by atoms with E-state index in [0.29, 0.717) is 12.8 Å². The summed E-state index contributed by atoms with van der Waals surface area (Å²) >= 11 is 0. The van der Waals surface area contributed by atoms with Gasteiger partial charge in [-0.05, 0) is 116 Å². The molecule has 0 saturated carbocycles. The first-order valence-electron chi connectivity index (χ1n) is 26.7. The standard InChI is InChI=1S/C59H98O6/c1-4-7-10-13-16-19-22-24-26-28-29-31-33-35-38-41-44-47-50-53-59(62)65-56(54-63-57(60)51-48-45-42-39-36-21-18-15-12-9-6-3)55-64-58(61)52-49-46-43-40-37-34-32-30-27-25-23-20-17-14-11-8-5-2/h7,10,15-20,24-27,29,31,35,38,56H,4-6,8-9,11-14,21-23,28,30,32-34,36-37,39-55H2,1-3H3/b10-7-,18-15-,19-16-,20-17-,26-24-,27-25-,31-29-,38-35-/t56-/m0/s1. The van der Waals surface area contributed by atoms with Crippen LogP contribution in [0.2, 0.25) is 0 Å². The lowest BCUT2D eigenvalue weighted by Crippen LogP contribution is -2.30. The lowest BCUT2D eigenvalue weighted by Gasteiger charge is -2.18. The molecule has 1 atom stereocenters. The number of unbranched alkanes of at least 4 members (excludes halogenated alkanes) is 20. The van der Waals surface area contributed by atoms with E-state index in [9.17, 15) is 14.4 Å². The minimum atomic E-state index is -0.802. The second kappa shape index (κ2) is 52.9. The highest BCUT2D eigenvalue weighted by atomic mass is 16.6. The fourth-order valence-corrected chi connectivity index (χ4v) is 7.01. The van der Waals surface area contributed by atoms with E-state index in [1.54, 1.807) is 0 Å². The third-order valence-electron chi connectivity index (χ3n) is 11.0. The highest BCUT2D eigenvalue weighted by Crippen LogP contribution is 2.13. The van der Waals surface area contributed by atoms with E-state index in [4.69, 9.17) is 14.2 Å². The van der Waals surface area contributed by atoms with Crippen molar-refractivity contribution in [2.75, 3.05) is 13.2 Å². The largest absolute Gasteiger partial charge is 0.462 e. The first-order chi connectivity index (χ1) is 32.0. The van der Waals surface area contributed by atoms with E-state index in [-0.39, 0.29) is 37.5 Å². The summed E-state index contributed by atoms with van der Waals surface area (Å²) in [4.78, 5) is 38.0. The summed E-state index contributed by atoms with van der Waals surface area (Å²) in [6.45, 7) is 6.41. The highest BCUT2D eigenvalue weighted by Gasteiger charge is 2.19. The van der Waals surface area contributed by atoms with Crippen molar-refractivity contribution in [3.63, 3.8) is 0 Å². The Hall–Kier alpha value is -3.67. The third-order valence-corrected chi connectivity index (χ3v) is 11.0. The minimum absolute atomic E-state index is 0.0987. The number of esters is 3. The summed E-state index contributed by atoms with van der Waals surface area (Å²) in [5, 5.41) is 0. The van der Waals surface area contributed by atoms with Gasteiger partial charge in [0.1, 0.15) is 13.2 Å². The first-order valence-corrected chi connectivity index (χ1v) is 26.7. The van der Waals surface area contributed by atoms with E-state index < -0.39 is 6.10 Å². The van der Waals surface area contributed by atoms with Gasteiger partial charge in [0.15, 0.2) is 6.10 Å². The van der Waals surface area contributed by atoms with Gasteiger partial charge in [-0.1, -0.05) is 201 Å². The van der Waals surface area contributed by atoms with Crippen LogP contribution in [-0.2, 0) is 28.6 Å². The van der Waals surface area contributed by atoms with E-state index in [1.165, 1.54) is 77.0 Å². The summed E-state index contributed by atoms with van der Waals surface area (Å²) in [5.41, 5.74) is 0. The van der Waals surface area contributed by atoms with E-state index >= 15 is 0 Å². The molecule has 0 fully saturated rings. The van der Waals surface area contributed by atoms with Gasteiger partial charge in [0, 0.05) is 19.3 Å². The maximum Gasteiger partial charge on any atom is 0.306 e. The van der Waals surface area contributed by atoms with Gasteiger partial charge < -0.3 is 14.2 Å². The number of hydrogen-bond donors (Lipinski definition) is 0. The zero-order valence-electron chi connectivity index (χ0n) is 42.2. The Morgan fingerprint density at radius 1 is 0.323 bits per heavy atom. The molecule has 0 bridgehead atoms. The van der Waals surface area contributed by atoms with Crippen molar-refractivity contribution in [3.8, 4) is 0 Å². The minimum Gasteiger partial charge on any atom is -0.462 e. The van der Waals surface area contributed by atoms with Crippen LogP contribution in [0.4, 0.5) is 0 Å². The number of rotatable bonds is 47. The SMILES string of the molecule is CC/C=C\C/C=C\C/C=C\C/C=C\C/C=C\CCCCCC(=O)O[C@@H](COC(=O)CCCCCCC/C=C\CCCC)COC(=O)CCCCCCCCC/C=C\C/C=C\CCCCC. The van der Waals surface area contributed by atoms with Gasteiger partial charge in [-0.3, -0.25) is 14.4 Å². The molecule has 0 aliphatic carbocycles. The molecule has 0 radical (unpaired) electrons. The molecule has 0 aromatic rings. The maximum atomic E-state index is 12.8. The Morgan fingerprint density at radius 3 is 1.02 bits per heavy atom. The molecule has 0 rings (SSSR count). The molecular weight excluding hydrogens is 805 g/mol. The third kappa shape index (κ3) is 51.2. The van der Waals surface area contributed by atoms with Crippen LogP contribution in [-0.4, -0.2) is 37.2 Å². The highest BCUT2D eigenvalue weighted by molar-refractivity contribution is 5.71.